The Kier molecular flexibility index (Phi) is 5.54. The molecule has 1 atom stereocenters. The van der Waals surface area contributed by atoms with Crippen molar-refractivity contribution < 1.29 is 4.39 Å². The van der Waals surface area contributed by atoms with Gasteiger partial charge in [-0.05, 0) is 42.2 Å². The zero-order chi connectivity index (χ0) is 15.6. The molecule has 1 aromatic heterocycles. The Labute approximate surface area is 140 Å². The maximum Gasteiger partial charge on any atom is 0.129 e. The van der Waals surface area contributed by atoms with Crippen molar-refractivity contribution in [2.45, 2.75) is 12.6 Å². The van der Waals surface area contributed by atoms with Gasteiger partial charge in [-0.1, -0.05) is 22.0 Å². The molecule has 21 heavy (non-hydrogen) atoms. The Morgan fingerprint density at radius 2 is 2.10 bits per heavy atom. The highest BCUT2D eigenvalue weighted by molar-refractivity contribution is 9.10. The molecule has 0 bridgehead atoms. The van der Waals surface area contributed by atoms with Crippen molar-refractivity contribution in [1.82, 2.24) is 14.7 Å². The Hall–Kier alpha value is -0.760. The van der Waals surface area contributed by atoms with E-state index in [0.29, 0.717) is 16.6 Å². The Bertz CT molecular complexity index is 627. The summed E-state index contributed by atoms with van der Waals surface area (Å²) in [5.74, 6) is -0.330. The molecule has 1 heterocycles. The van der Waals surface area contributed by atoms with Gasteiger partial charge >= 0.3 is 0 Å². The summed E-state index contributed by atoms with van der Waals surface area (Å²) in [4.78, 5) is 2.06. The smallest absolute Gasteiger partial charge is 0.129 e. The largest absolute Gasteiger partial charge is 0.319 e. The molecule has 0 aliphatic heterocycles. The molecule has 2 N–H and O–H groups in total. The standard InChI is InChI=1S/C14H17Br2FN4/c1-20(2)5-6-21-14(11(16)8-19-21)13(18)10-4-3-9(15)7-12(10)17/h3-4,7-8,13H,5-6,18H2,1-2H3. The van der Waals surface area contributed by atoms with Gasteiger partial charge in [-0.25, -0.2) is 4.39 Å². The lowest BCUT2D eigenvalue weighted by atomic mass is 10.0. The molecule has 0 saturated heterocycles. The summed E-state index contributed by atoms with van der Waals surface area (Å²) in [5, 5.41) is 4.31. The number of benzene rings is 1. The van der Waals surface area contributed by atoms with Crippen molar-refractivity contribution in [3.05, 3.63) is 50.4 Å². The van der Waals surface area contributed by atoms with E-state index in [9.17, 15) is 4.39 Å². The summed E-state index contributed by atoms with van der Waals surface area (Å²) in [6.45, 7) is 1.52. The van der Waals surface area contributed by atoms with Gasteiger partial charge in [0.2, 0.25) is 0 Å². The molecule has 0 radical (unpaired) electrons. The first kappa shape index (κ1) is 16.6. The van der Waals surface area contributed by atoms with Crippen LogP contribution in [0.25, 0.3) is 0 Å². The van der Waals surface area contributed by atoms with Gasteiger partial charge in [-0.3, -0.25) is 4.68 Å². The summed E-state index contributed by atoms with van der Waals surface area (Å²) in [6.07, 6.45) is 1.70. The van der Waals surface area contributed by atoms with Gasteiger partial charge in [-0.2, -0.15) is 5.10 Å². The van der Waals surface area contributed by atoms with Crippen LogP contribution in [0.4, 0.5) is 4.39 Å². The number of nitrogens with two attached hydrogens (primary N) is 1. The highest BCUT2D eigenvalue weighted by Crippen LogP contribution is 2.29. The average molecular weight is 420 g/mol. The van der Waals surface area contributed by atoms with Crippen molar-refractivity contribution in [3.8, 4) is 0 Å². The number of aromatic nitrogens is 2. The predicted molar refractivity (Wildman–Crippen MR) is 88.6 cm³/mol. The zero-order valence-corrected chi connectivity index (χ0v) is 15.0. The van der Waals surface area contributed by atoms with Crippen molar-refractivity contribution in [2.75, 3.05) is 20.6 Å². The summed E-state index contributed by atoms with van der Waals surface area (Å²) >= 11 is 6.70. The van der Waals surface area contributed by atoms with Crippen LogP contribution in [-0.4, -0.2) is 35.3 Å². The molecule has 1 unspecified atom stereocenters. The minimum Gasteiger partial charge on any atom is -0.319 e. The third kappa shape index (κ3) is 3.91. The Morgan fingerprint density at radius 1 is 1.38 bits per heavy atom. The number of likely N-dealkylation sites (N-methyl/N-ethyl adjacent to an activating group) is 1. The first-order chi connectivity index (χ1) is 9.90. The second-order valence-electron chi connectivity index (χ2n) is 5.05. The third-order valence-corrected chi connectivity index (χ3v) is 4.29. The molecule has 0 aliphatic rings. The molecule has 0 amide bonds. The molecule has 7 heteroatoms. The highest BCUT2D eigenvalue weighted by Gasteiger charge is 2.21. The molecule has 2 aromatic rings. The molecular weight excluding hydrogens is 403 g/mol. The summed E-state index contributed by atoms with van der Waals surface area (Å²) in [7, 11) is 3.99. The Morgan fingerprint density at radius 3 is 2.71 bits per heavy atom. The van der Waals surface area contributed by atoms with Crippen molar-refractivity contribution >= 4 is 31.9 Å². The van der Waals surface area contributed by atoms with E-state index in [1.807, 2.05) is 18.8 Å². The number of hydrogen-bond donors (Lipinski definition) is 1. The van der Waals surface area contributed by atoms with Crippen molar-refractivity contribution in [3.63, 3.8) is 0 Å². The molecule has 1 aromatic carbocycles. The highest BCUT2D eigenvalue weighted by atomic mass is 79.9. The average Bonchev–Trinajstić information content (AvgIpc) is 2.77. The fourth-order valence-electron chi connectivity index (χ4n) is 2.06. The molecular formula is C14H17Br2FN4. The van der Waals surface area contributed by atoms with Crippen LogP contribution in [0.2, 0.25) is 0 Å². The minimum atomic E-state index is -0.572. The van der Waals surface area contributed by atoms with Crippen LogP contribution in [0, 0.1) is 5.82 Å². The van der Waals surface area contributed by atoms with Gasteiger partial charge in [-0.15, -0.1) is 0 Å². The quantitative estimate of drug-likeness (QED) is 0.809. The second-order valence-corrected chi connectivity index (χ2v) is 6.82. The second kappa shape index (κ2) is 7.00. The maximum absolute atomic E-state index is 14.1. The van der Waals surface area contributed by atoms with Crippen LogP contribution >= 0.6 is 31.9 Å². The van der Waals surface area contributed by atoms with Crippen molar-refractivity contribution in [1.29, 1.82) is 0 Å². The first-order valence-electron chi connectivity index (χ1n) is 6.46. The van der Waals surface area contributed by atoms with E-state index in [1.54, 1.807) is 18.3 Å². The maximum atomic E-state index is 14.1. The number of nitrogens with zero attached hydrogens (tertiary/aromatic N) is 3. The lowest BCUT2D eigenvalue weighted by molar-refractivity contribution is 0.367. The van der Waals surface area contributed by atoms with Gasteiger partial charge in [0.15, 0.2) is 0 Å². The summed E-state index contributed by atoms with van der Waals surface area (Å²) < 4.78 is 17.4. The number of halogens is 3. The van der Waals surface area contributed by atoms with Gasteiger partial charge in [0, 0.05) is 16.6 Å². The van der Waals surface area contributed by atoms with E-state index in [4.69, 9.17) is 5.73 Å². The molecule has 4 nitrogen and oxygen atoms in total. The van der Waals surface area contributed by atoms with E-state index in [-0.39, 0.29) is 5.82 Å². The van der Waals surface area contributed by atoms with E-state index >= 15 is 0 Å². The van der Waals surface area contributed by atoms with Crippen LogP contribution in [0.5, 0.6) is 0 Å². The van der Waals surface area contributed by atoms with E-state index in [2.05, 4.69) is 41.9 Å². The fourth-order valence-corrected chi connectivity index (χ4v) is 2.93. The van der Waals surface area contributed by atoms with Crippen LogP contribution < -0.4 is 5.73 Å². The zero-order valence-electron chi connectivity index (χ0n) is 11.9. The summed E-state index contributed by atoms with van der Waals surface area (Å²) in [5.41, 5.74) is 7.49. The van der Waals surface area contributed by atoms with Crippen molar-refractivity contribution in [2.24, 2.45) is 5.73 Å². The van der Waals surface area contributed by atoms with Gasteiger partial charge in [0.05, 0.1) is 29.0 Å². The molecule has 0 spiro atoms. The molecule has 0 saturated carbocycles. The lowest BCUT2D eigenvalue weighted by Crippen LogP contribution is -2.24. The topological polar surface area (TPSA) is 47.1 Å². The van der Waals surface area contributed by atoms with Gasteiger partial charge in [0.25, 0.3) is 0 Å². The predicted octanol–water partition coefficient (Wildman–Crippen LogP) is 3.16. The molecule has 114 valence electrons. The van der Waals surface area contributed by atoms with E-state index < -0.39 is 6.04 Å². The van der Waals surface area contributed by atoms with Gasteiger partial charge in [0.1, 0.15) is 5.82 Å². The van der Waals surface area contributed by atoms with E-state index in [1.165, 1.54) is 6.07 Å². The first-order valence-corrected chi connectivity index (χ1v) is 8.05. The monoisotopic (exact) mass is 418 g/mol. The van der Waals surface area contributed by atoms with Crippen LogP contribution in [0.1, 0.15) is 17.3 Å². The van der Waals surface area contributed by atoms with Crippen LogP contribution in [-0.2, 0) is 6.54 Å². The summed E-state index contributed by atoms with van der Waals surface area (Å²) in [6, 6.07) is 4.33. The number of hydrogen-bond acceptors (Lipinski definition) is 3. The van der Waals surface area contributed by atoms with Crippen LogP contribution in [0.15, 0.2) is 33.3 Å². The molecule has 0 aliphatic carbocycles. The minimum absolute atomic E-state index is 0.330. The normalized spacial score (nSPS) is 12.9. The SMILES string of the molecule is CN(C)CCn1ncc(Br)c1C(N)c1ccc(Br)cc1F. The van der Waals surface area contributed by atoms with Gasteiger partial charge < -0.3 is 10.6 Å². The molecule has 2 rings (SSSR count). The van der Waals surface area contributed by atoms with E-state index in [0.717, 1.165) is 16.7 Å². The number of rotatable bonds is 5. The third-order valence-electron chi connectivity index (χ3n) is 3.18. The molecule has 0 fully saturated rings. The fraction of sp³-hybridized carbons (Fsp3) is 0.357. The lowest BCUT2D eigenvalue weighted by Gasteiger charge is -2.18. The Balaban J connectivity index is 2.34. The van der Waals surface area contributed by atoms with Crippen LogP contribution in [0.3, 0.4) is 0 Å².